The van der Waals surface area contributed by atoms with Crippen molar-refractivity contribution in [2.24, 2.45) is 11.1 Å². The molecule has 1 amide bonds. The van der Waals surface area contributed by atoms with Gasteiger partial charge < -0.3 is 4.74 Å². The molecule has 0 aromatic heterocycles. The number of nitrogens with one attached hydrogen (secondary N) is 2. The molecule has 116 valence electrons. The summed E-state index contributed by atoms with van der Waals surface area (Å²) in [5, 5.41) is 5.07. The van der Waals surface area contributed by atoms with E-state index in [0.29, 0.717) is 0 Å². The highest BCUT2D eigenvalue weighted by Gasteiger charge is 2.20. The predicted molar refractivity (Wildman–Crippen MR) is 75.8 cm³/mol. The van der Waals surface area contributed by atoms with Gasteiger partial charge in [0.15, 0.2) is 0 Å². The van der Waals surface area contributed by atoms with Crippen LogP contribution in [0.1, 0.15) is 24.2 Å². The average molecular weight is 315 g/mol. The SMILES string of the molecule is COC(=O)c1ccc(NNC(=O)C(C)C)cc1S(N)(=O)=O. The van der Waals surface area contributed by atoms with Gasteiger partial charge in [0.05, 0.1) is 23.3 Å². The van der Waals surface area contributed by atoms with Crippen LogP contribution in [0.15, 0.2) is 23.1 Å². The number of hydrogen-bond acceptors (Lipinski definition) is 6. The van der Waals surface area contributed by atoms with Crippen molar-refractivity contribution >= 4 is 27.6 Å². The summed E-state index contributed by atoms with van der Waals surface area (Å²) in [6, 6.07) is 3.80. The summed E-state index contributed by atoms with van der Waals surface area (Å²) in [4.78, 5) is 22.6. The molecular formula is C12H17N3O5S. The fourth-order valence-corrected chi connectivity index (χ4v) is 2.14. The van der Waals surface area contributed by atoms with Crippen LogP contribution in [0.4, 0.5) is 5.69 Å². The topological polar surface area (TPSA) is 128 Å². The molecular weight excluding hydrogens is 298 g/mol. The van der Waals surface area contributed by atoms with Gasteiger partial charge >= 0.3 is 5.97 Å². The van der Waals surface area contributed by atoms with E-state index in [1.165, 1.54) is 12.1 Å². The Kier molecular flexibility index (Phi) is 5.28. The van der Waals surface area contributed by atoms with E-state index in [1.54, 1.807) is 13.8 Å². The molecule has 0 spiro atoms. The molecule has 1 rings (SSSR count). The number of primary sulfonamides is 1. The Morgan fingerprint density at radius 2 is 1.90 bits per heavy atom. The summed E-state index contributed by atoms with van der Waals surface area (Å²) >= 11 is 0. The fraction of sp³-hybridized carbons (Fsp3) is 0.333. The van der Waals surface area contributed by atoms with Crippen molar-refractivity contribution in [1.82, 2.24) is 5.43 Å². The van der Waals surface area contributed by atoms with Crippen LogP contribution in [0.2, 0.25) is 0 Å². The zero-order chi connectivity index (χ0) is 16.2. The number of amides is 1. The number of carbonyl (C=O) groups is 2. The molecule has 0 atom stereocenters. The molecule has 0 saturated heterocycles. The third-order valence-electron chi connectivity index (χ3n) is 2.55. The number of esters is 1. The van der Waals surface area contributed by atoms with Crippen LogP contribution in [-0.4, -0.2) is 27.4 Å². The van der Waals surface area contributed by atoms with Gasteiger partial charge in [0.25, 0.3) is 0 Å². The third-order valence-corrected chi connectivity index (χ3v) is 3.50. The van der Waals surface area contributed by atoms with Crippen molar-refractivity contribution in [1.29, 1.82) is 0 Å². The smallest absolute Gasteiger partial charge is 0.339 e. The number of hydrazine groups is 1. The standard InChI is InChI=1S/C12H17N3O5S/c1-7(2)11(16)15-14-8-4-5-9(12(17)20-3)10(6-8)21(13,18)19/h4-7,14H,1-3H3,(H,15,16)(H2,13,18,19). The number of benzene rings is 1. The molecule has 0 aliphatic rings. The van der Waals surface area contributed by atoms with Crippen LogP contribution in [0.3, 0.4) is 0 Å². The van der Waals surface area contributed by atoms with Crippen LogP contribution < -0.4 is 16.0 Å². The average Bonchev–Trinajstić information content (AvgIpc) is 2.42. The molecule has 0 aliphatic carbocycles. The molecule has 21 heavy (non-hydrogen) atoms. The minimum Gasteiger partial charge on any atom is -0.465 e. The van der Waals surface area contributed by atoms with Crippen LogP contribution in [0.25, 0.3) is 0 Å². The van der Waals surface area contributed by atoms with Gasteiger partial charge in [-0.15, -0.1) is 0 Å². The van der Waals surface area contributed by atoms with Gasteiger partial charge in [0.2, 0.25) is 15.9 Å². The predicted octanol–water partition coefficient (Wildman–Crippen LogP) is 0.220. The van der Waals surface area contributed by atoms with Crippen LogP contribution >= 0.6 is 0 Å². The molecule has 0 unspecified atom stereocenters. The minimum atomic E-state index is -4.12. The molecule has 0 saturated carbocycles. The number of methoxy groups -OCH3 is 1. The van der Waals surface area contributed by atoms with Gasteiger partial charge in [-0.2, -0.15) is 0 Å². The van der Waals surface area contributed by atoms with Crippen molar-refractivity contribution in [3.63, 3.8) is 0 Å². The normalized spacial score (nSPS) is 11.1. The van der Waals surface area contributed by atoms with E-state index in [9.17, 15) is 18.0 Å². The molecule has 1 aromatic rings. The quantitative estimate of drug-likeness (QED) is 0.527. The molecule has 4 N–H and O–H groups in total. The van der Waals surface area contributed by atoms with Gasteiger partial charge in [-0.05, 0) is 18.2 Å². The van der Waals surface area contributed by atoms with Crippen molar-refractivity contribution < 1.29 is 22.7 Å². The largest absolute Gasteiger partial charge is 0.465 e. The third kappa shape index (κ3) is 4.43. The molecule has 0 aliphatic heterocycles. The van der Waals surface area contributed by atoms with E-state index in [1.807, 2.05) is 0 Å². The van der Waals surface area contributed by atoms with Crippen molar-refractivity contribution in [2.45, 2.75) is 18.7 Å². The molecule has 0 bridgehead atoms. The first-order valence-corrected chi connectivity index (χ1v) is 7.52. The van der Waals surface area contributed by atoms with Gasteiger partial charge in [-0.25, -0.2) is 18.4 Å². The summed E-state index contributed by atoms with van der Waals surface area (Å²) < 4.78 is 27.5. The lowest BCUT2D eigenvalue weighted by Crippen LogP contribution is -2.33. The molecule has 0 radical (unpaired) electrons. The van der Waals surface area contributed by atoms with E-state index in [0.717, 1.165) is 13.2 Å². The second-order valence-corrected chi connectivity index (χ2v) is 6.05. The van der Waals surface area contributed by atoms with Gasteiger partial charge in [0, 0.05) is 5.92 Å². The number of nitrogens with two attached hydrogens (primary N) is 1. The summed E-state index contributed by atoms with van der Waals surface area (Å²) in [5.74, 6) is -1.34. The number of carbonyl (C=O) groups excluding carboxylic acids is 2. The summed E-state index contributed by atoms with van der Waals surface area (Å²) in [6.07, 6.45) is 0. The lowest BCUT2D eigenvalue weighted by molar-refractivity contribution is -0.123. The number of sulfonamides is 1. The van der Waals surface area contributed by atoms with Crippen molar-refractivity contribution in [3.05, 3.63) is 23.8 Å². The van der Waals surface area contributed by atoms with E-state index in [4.69, 9.17) is 5.14 Å². The Morgan fingerprint density at radius 1 is 1.29 bits per heavy atom. The lowest BCUT2D eigenvalue weighted by atomic mass is 10.2. The van der Waals surface area contributed by atoms with Crippen LogP contribution in [-0.2, 0) is 19.6 Å². The zero-order valence-corrected chi connectivity index (χ0v) is 12.7. The first-order chi connectivity index (χ1) is 9.66. The number of ether oxygens (including phenoxy) is 1. The second-order valence-electron chi connectivity index (χ2n) is 4.52. The summed E-state index contributed by atoms with van der Waals surface area (Å²) in [7, 11) is -2.99. The highest BCUT2D eigenvalue weighted by molar-refractivity contribution is 7.89. The molecule has 8 nitrogen and oxygen atoms in total. The van der Waals surface area contributed by atoms with Gasteiger partial charge in [-0.1, -0.05) is 13.8 Å². The minimum absolute atomic E-state index is 0.180. The van der Waals surface area contributed by atoms with Gasteiger partial charge in [-0.3, -0.25) is 15.6 Å². The van der Waals surface area contributed by atoms with Crippen molar-refractivity contribution in [2.75, 3.05) is 12.5 Å². The maximum absolute atomic E-state index is 11.5. The Bertz CT molecular complexity index is 655. The lowest BCUT2D eigenvalue weighted by Gasteiger charge is -2.12. The highest BCUT2D eigenvalue weighted by atomic mass is 32.2. The number of anilines is 1. The summed E-state index contributed by atoms with van der Waals surface area (Å²) in [6.45, 7) is 3.40. The van der Waals surface area contributed by atoms with Crippen LogP contribution in [0, 0.1) is 5.92 Å². The zero-order valence-electron chi connectivity index (χ0n) is 11.8. The van der Waals surface area contributed by atoms with Crippen molar-refractivity contribution in [3.8, 4) is 0 Å². The Morgan fingerprint density at radius 3 is 2.38 bits per heavy atom. The number of hydrogen-bond donors (Lipinski definition) is 3. The molecule has 0 fully saturated rings. The Hall–Kier alpha value is -2.13. The maximum atomic E-state index is 11.5. The van der Waals surface area contributed by atoms with Crippen LogP contribution in [0.5, 0.6) is 0 Å². The Balaban J connectivity index is 3.11. The molecule has 0 heterocycles. The highest BCUT2D eigenvalue weighted by Crippen LogP contribution is 2.20. The van der Waals surface area contributed by atoms with E-state index in [-0.39, 0.29) is 23.1 Å². The second kappa shape index (κ2) is 6.55. The van der Waals surface area contributed by atoms with Gasteiger partial charge in [0.1, 0.15) is 0 Å². The monoisotopic (exact) mass is 315 g/mol. The summed E-state index contributed by atoms with van der Waals surface area (Å²) in [5.41, 5.74) is 5.03. The first kappa shape index (κ1) is 16.9. The van der Waals surface area contributed by atoms with E-state index >= 15 is 0 Å². The maximum Gasteiger partial charge on any atom is 0.339 e. The first-order valence-electron chi connectivity index (χ1n) is 5.98. The molecule has 1 aromatic carbocycles. The van der Waals surface area contributed by atoms with E-state index in [2.05, 4.69) is 15.6 Å². The van der Waals surface area contributed by atoms with E-state index < -0.39 is 20.9 Å². The number of rotatable bonds is 5. The molecule has 9 heteroatoms. The Labute approximate surface area is 122 Å². The fourth-order valence-electron chi connectivity index (χ4n) is 1.39.